The third-order valence-electron chi connectivity index (χ3n) is 1.59. The van der Waals surface area contributed by atoms with E-state index in [2.05, 4.69) is 5.97 Å². The van der Waals surface area contributed by atoms with Crippen molar-refractivity contribution in [2.75, 3.05) is 0 Å². The van der Waals surface area contributed by atoms with Gasteiger partial charge in [-0.15, -0.1) is 0 Å². The highest BCUT2D eigenvalue weighted by molar-refractivity contribution is 6.67. The van der Waals surface area contributed by atoms with Crippen LogP contribution in [0.3, 0.4) is 0 Å². The van der Waals surface area contributed by atoms with Crippen molar-refractivity contribution in [1.29, 1.82) is 5.26 Å². The van der Waals surface area contributed by atoms with Gasteiger partial charge in [0.25, 0.3) is 6.71 Å². The van der Waals surface area contributed by atoms with Crippen LogP contribution in [0.25, 0.3) is 0 Å². The van der Waals surface area contributed by atoms with Crippen LogP contribution in [0.5, 0.6) is 0 Å². The van der Waals surface area contributed by atoms with Crippen molar-refractivity contribution in [2.24, 2.45) is 0 Å². The predicted octanol–water partition coefficient (Wildman–Crippen LogP) is 0.309. The summed E-state index contributed by atoms with van der Waals surface area (Å²) in [7, 11) is 0. The van der Waals surface area contributed by atoms with E-state index in [0.29, 0.717) is 6.32 Å². The molecule has 2 nitrogen and oxygen atoms in total. The minimum atomic E-state index is -0.195. The Bertz CT molecular complexity index is 120. The van der Waals surface area contributed by atoms with Gasteiger partial charge in [-0.1, -0.05) is 6.32 Å². The first-order valence-electron chi connectivity index (χ1n) is 2.90. The molecule has 1 saturated heterocycles. The SMILES string of the molecule is N#CB1CCC(O)C1. The van der Waals surface area contributed by atoms with E-state index < -0.39 is 0 Å². The smallest absolute Gasteiger partial charge is 0.270 e. The highest BCUT2D eigenvalue weighted by Gasteiger charge is 2.25. The third kappa shape index (κ3) is 1.02. The van der Waals surface area contributed by atoms with Crippen LogP contribution < -0.4 is 0 Å². The zero-order valence-corrected chi connectivity index (χ0v) is 4.67. The molecule has 0 amide bonds. The molecule has 0 aromatic rings. The van der Waals surface area contributed by atoms with Gasteiger partial charge in [0.05, 0.1) is 0 Å². The quantitative estimate of drug-likeness (QED) is 0.455. The van der Waals surface area contributed by atoms with E-state index in [4.69, 9.17) is 10.4 Å². The largest absolute Gasteiger partial charge is 0.394 e. The summed E-state index contributed by atoms with van der Waals surface area (Å²) in [5.74, 6) is 2.13. The van der Waals surface area contributed by atoms with Gasteiger partial charge in [0, 0.05) is 12.1 Å². The first-order chi connectivity index (χ1) is 3.83. The summed E-state index contributed by atoms with van der Waals surface area (Å²) in [6.45, 7) is 0.130. The van der Waals surface area contributed by atoms with Gasteiger partial charge in [-0.2, -0.15) is 0 Å². The van der Waals surface area contributed by atoms with Gasteiger partial charge in [-0.05, 0) is 12.7 Å². The van der Waals surface area contributed by atoms with Gasteiger partial charge in [-0.3, -0.25) is 0 Å². The fourth-order valence-electron chi connectivity index (χ4n) is 1.07. The monoisotopic (exact) mass is 109 g/mol. The molecule has 1 fully saturated rings. The molecule has 0 aromatic carbocycles. The molecule has 0 spiro atoms. The summed E-state index contributed by atoms with van der Waals surface area (Å²) in [5, 5.41) is 17.2. The first-order valence-corrected chi connectivity index (χ1v) is 2.90. The van der Waals surface area contributed by atoms with Gasteiger partial charge < -0.3 is 5.11 Å². The molecule has 1 N–H and O–H groups in total. The normalized spacial score (nSPS) is 28.0. The first kappa shape index (κ1) is 5.65. The van der Waals surface area contributed by atoms with E-state index in [0.717, 1.165) is 12.7 Å². The number of rotatable bonds is 0. The lowest BCUT2D eigenvalue weighted by Gasteiger charge is -1.92. The maximum atomic E-state index is 8.88. The molecule has 0 aliphatic carbocycles. The van der Waals surface area contributed by atoms with E-state index in [-0.39, 0.29) is 12.8 Å². The maximum absolute atomic E-state index is 8.88. The van der Waals surface area contributed by atoms with Crippen LogP contribution in [-0.4, -0.2) is 17.9 Å². The molecule has 1 heterocycles. The molecule has 42 valence electrons. The summed E-state index contributed by atoms with van der Waals surface area (Å²) in [6, 6.07) is 0. The number of nitrogens with zero attached hydrogens (tertiary/aromatic N) is 1. The molecule has 8 heavy (non-hydrogen) atoms. The van der Waals surface area contributed by atoms with Gasteiger partial charge in [-0.25, -0.2) is 5.26 Å². The minimum Gasteiger partial charge on any atom is -0.394 e. The van der Waals surface area contributed by atoms with Gasteiger partial charge in [0.15, 0.2) is 0 Å². The van der Waals surface area contributed by atoms with Crippen LogP contribution in [-0.2, 0) is 0 Å². The highest BCUT2D eigenvalue weighted by Crippen LogP contribution is 2.18. The van der Waals surface area contributed by atoms with Crippen LogP contribution in [0.1, 0.15) is 6.42 Å². The Morgan fingerprint density at radius 1 is 1.75 bits per heavy atom. The summed E-state index contributed by atoms with van der Waals surface area (Å²) in [4.78, 5) is 0. The second-order valence-electron chi connectivity index (χ2n) is 2.29. The molecule has 3 heteroatoms. The van der Waals surface area contributed by atoms with Gasteiger partial charge in [0.1, 0.15) is 0 Å². The molecule has 1 aliphatic heterocycles. The topological polar surface area (TPSA) is 44.0 Å². The molecule has 1 atom stereocenters. The number of hydrogen-bond donors (Lipinski definition) is 1. The molecule has 1 unspecified atom stereocenters. The summed E-state index contributed by atoms with van der Waals surface area (Å²) < 4.78 is 0. The van der Waals surface area contributed by atoms with Crippen LogP contribution in [0, 0.1) is 11.2 Å². The lowest BCUT2D eigenvalue weighted by atomic mass is 9.50. The summed E-state index contributed by atoms with van der Waals surface area (Å²) in [6.07, 6.45) is 2.20. The van der Waals surface area contributed by atoms with Crippen molar-refractivity contribution >= 4 is 6.71 Å². The van der Waals surface area contributed by atoms with Crippen molar-refractivity contribution in [3.63, 3.8) is 0 Å². The second-order valence-corrected chi connectivity index (χ2v) is 2.29. The van der Waals surface area contributed by atoms with Crippen molar-refractivity contribution in [3.05, 3.63) is 0 Å². The molecule has 0 bridgehead atoms. The second kappa shape index (κ2) is 2.19. The van der Waals surface area contributed by atoms with E-state index in [1.807, 2.05) is 0 Å². The Kier molecular flexibility index (Phi) is 1.55. The Morgan fingerprint density at radius 3 is 2.75 bits per heavy atom. The van der Waals surface area contributed by atoms with E-state index in [9.17, 15) is 0 Å². The van der Waals surface area contributed by atoms with Crippen LogP contribution in [0.15, 0.2) is 0 Å². The lowest BCUT2D eigenvalue weighted by Crippen LogP contribution is -2.05. The zero-order chi connectivity index (χ0) is 5.98. The standard InChI is InChI=1S/C5H8BNO/c7-4-6-2-1-5(8)3-6/h5,8H,1-3H2. The molecule has 0 aromatic heterocycles. The lowest BCUT2D eigenvalue weighted by molar-refractivity contribution is 0.199. The molecular formula is C5H8BNO. The molecule has 1 aliphatic rings. The molecule has 0 saturated carbocycles. The third-order valence-corrected chi connectivity index (χ3v) is 1.59. The molecule has 0 radical (unpaired) electrons. The Labute approximate surface area is 49.2 Å². The van der Waals surface area contributed by atoms with Crippen molar-refractivity contribution in [3.8, 4) is 5.97 Å². The van der Waals surface area contributed by atoms with Crippen LogP contribution in [0.4, 0.5) is 0 Å². The van der Waals surface area contributed by atoms with Gasteiger partial charge >= 0.3 is 0 Å². The van der Waals surface area contributed by atoms with E-state index in [1.54, 1.807) is 0 Å². The van der Waals surface area contributed by atoms with Crippen LogP contribution in [0.2, 0.25) is 12.6 Å². The van der Waals surface area contributed by atoms with E-state index >= 15 is 0 Å². The fraction of sp³-hybridized carbons (Fsp3) is 0.800. The van der Waals surface area contributed by atoms with Crippen molar-refractivity contribution in [2.45, 2.75) is 25.2 Å². The Morgan fingerprint density at radius 2 is 2.50 bits per heavy atom. The van der Waals surface area contributed by atoms with Crippen LogP contribution >= 0.6 is 0 Å². The summed E-state index contributed by atoms with van der Waals surface area (Å²) >= 11 is 0. The number of aliphatic hydroxyl groups excluding tert-OH is 1. The Hall–Kier alpha value is -0.485. The van der Waals surface area contributed by atoms with Crippen molar-refractivity contribution in [1.82, 2.24) is 0 Å². The summed E-state index contributed by atoms with van der Waals surface area (Å²) in [5.41, 5.74) is 0. The number of nitriles is 1. The van der Waals surface area contributed by atoms with Gasteiger partial charge in [0.2, 0.25) is 0 Å². The fourth-order valence-corrected chi connectivity index (χ4v) is 1.07. The molecular weight excluding hydrogens is 101 g/mol. The predicted molar refractivity (Wildman–Crippen MR) is 31.6 cm³/mol. The van der Waals surface area contributed by atoms with E-state index in [1.165, 1.54) is 0 Å². The average Bonchev–Trinajstić information content (AvgIpc) is 2.14. The minimum absolute atomic E-state index is 0.130. The molecule has 1 rings (SSSR count). The highest BCUT2D eigenvalue weighted by atomic mass is 16.3. The Balaban J connectivity index is 2.35. The number of hydrogen-bond acceptors (Lipinski definition) is 2. The number of aliphatic hydroxyl groups is 1. The van der Waals surface area contributed by atoms with Crippen molar-refractivity contribution < 1.29 is 5.11 Å². The average molecular weight is 109 g/mol. The maximum Gasteiger partial charge on any atom is 0.270 e. The zero-order valence-electron chi connectivity index (χ0n) is 4.67.